The van der Waals surface area contributed by atoms with E-state index >= 15 is 0 Å². The minimum Gasteiger partial charge on any atom is -0.453 e. The SMILES string of the molecule is Nc1ccccc1-c1nc(-c2cc3ccccc3o2)no1. The van der Waals surface area contributed by atoms with Crippen LogP contribution in [0.1, 0.15) is 0 Å². The first kappa shape index (κ1) is 11.7. The predicted molar refractivity (Wildman–Crippen MR) is 79.4 cm³/mol. The van der Waals surface area contributed by atoms with E-state index in [1.54, 1.807) is 6.07 Å². The molecule has 0 spiro atoms. The smallest absolute Gasteiger partial charge is 0.260 e. The first-order valence-electron chi connectivity index (χ1n) is 6.49. The summed E-state index contributed by atoms with van der Waals surface area (Å²) in [4.78, 5) is 4.36. The Morgan fingerprint density at radius 1 is 0.952 bits per heavy atom. The molecule has 0 radical (unpaired) electrons. The fourth-order valence-corrected chi connectivity index (χ4v) is 2.22. The van der Waals surface area contributed by atoms with E-state index < -0.39 is 0 Å². The van der Waals surface area contributed by atoms with Crippen LogP contribution in [-0.2, 0) is 0 Å². The lowest BCUT2D eigenvalue weighted by Crippen LogP contribution is -1.89. The highest BCUT2D eigenvalue weighted by Gasteiger charge is 2.15. The van der Waals surface area contributed by atoms with E-state index in [9.17, 15) is 0 Å². The minimum atomic E-state index is 0.378. The van der Waals surface area contributed by atoms with Crippen LogP contribution < -0.4 is 5.73 Å². The minimum absolute atomic E-state index is 0.378. The van der Waals surface area contributed by atoms with Gasteiger partial charge in [0, 0.05) is 11.1 Å². The van der Waals surface area contributed by atoms with Gasteiger partial charge in [-0.25, -0.2) is 0 Å². The summed E-state index contributed by atoms with van der Waals surface area (Å²) in [5.74, 6) is 1.36. The van der Waals surface area contributed by atoms with Crippen molar-refractivity contribution in [1.82, 2.24) is 10.1 Å². The zero-order valence-electron chi connectivity index (χ0n) is 11.0. The van der Waals surface area contributed by atoms with Crippen molar-refractivity contribution in [3.63, 3.8) is 0 Å². The van der Waals surface area contributed by atoms with Crippen LogP contribution in [0.15, 0.2) is 63.5 Å². The molecule has 0 saturated heterocycles. The third-order valence-electron chi connectivity index (χ3n) is 3.26. The Morgan fingerprint density at radius 2 is 1.76 bits per heavy atom. The molecule has 2 aromatic heterocycles. The number of aromatic nitrogens is 2. The number of para-hydroxylation sites is 2. The van der Waals surface area contributed by atoms with Gasteiger partial charge in [0.2, 0.25) is 5.82 Å². The van der Waals surface area contributed by atoms with Crippen molar-refractivity contribution < 1.29 is 8.94 Å². The van der Waals surface area contributed by atoms with Crippen LogP contribution in [-0.4, -0.2) is 10.1 Å². The van der Waals surface area contributed by atoms with Gasteiger partial charge in [0.1, 0.15) is 5.58 Å². The van der Waals surface area contributed by atoms with Gasteiger partial charge in [-0.3, -0.25) is 0 Å². The van der Waals surface area contributed by atoms with Crippen molar-refractivity contribution in [3.8, 4) is 23.0 Å². The molecular weight excluding hydrogens is 266 g/mol. The second kappa shape index (κ2) is 4.49. The topological polar surface area (TPSA) is 78.1 Å². The largest absolute Gasteiger partial charge is 0.453 e. The summed E-state index contributed by atoms with van der Waals surface area (Å²) in [6.45, 7) is 0. The first-order valence-corrected chi connectivity index (χ1v) is 6.49. The number of hydrogen-bond donors (Lipinski definition) is 1. The number of nitrogens with zero attached hydrogens (tertiary/aromatic N) is 2. The van der Waals surface area contributed by atoms with Crippen molar-refractivity contribution in [2.24, 2.45) is 0 Å². The molecule has 5 heteroatoms. The van der Waals surface area contributed by atoms with Gasteiger partial charge in [-0.05, 0) is 24.3 Å². The summed E-state index contributed by atoms with van der Waals surface area (Å²) in [6, 6.07) is 17.0. The molecule has 2 aromatic carbocycles. The Morgan fingerprint density at radius 3 is 2.62 bits per heavy atom. The molecule has 0 unspecified atom stereocenters. The molecule has 0 aliphatic heterocycles. The summed E-state index contributed by atoms with van der Waals surface area (Å²) in [5, 5.41) is 4.96. The maximum absolute atomic E-state index is 5.91. The third-order valence-corrected chi connectivity index (χ3v) is 3.26. The summed E-state index contributed by atoms with van der Waals surface area (Å²) in [6.07, 6.45) is 0. The van der Waals surface area contributed by atoms with E-state index in [-0.39, 0.29) is 0 Å². The number of furan rings is 1. The summed E-state index contributed by atoms with van der Waals surface area (Å²) >= 11 is 0. The van der Waals surface area contributed by atoms with Crippen LogP contribution in [0.5, 0.6) is 0 Å². The van der Waals surface area contributed by atoms with Crippen molar-refractivity contribution in [2.75, 3.05) is 5.73 Å². The monoisotopic (exact) mass is 277 g/mol. The highest BCUT2D eigenvalue weighted by molar-refractivity contribution is 5.81. The highest BCUT2D eigenvalue weighted by Crippen LogP contribution is 2.29. The lowest BCUT2D eigenvalue weighted by molar-refractivity contribution is 0.430. The lowest BCUT2D eigenvalue weighted by atomic mass is 10.2. The molecular formula is C16H11N3O2. The number of hydrogen-bond acceptors (Lipinski definition) is 5. The fraction of sp³-hybridized carbons (Fsp3) is 0. The highest BCUT2D eigenvalue weighted by atomic mass is 16.5. The van der Waals surface area contributed by atoms with Gasteiger partial charge in [-0.2, -0.15) is 4.98 Å². The molecule has 0 aliphatic rings. The van der Waals surface area contributed by atoms with Gasteiger partial charge in [-0.1, -0.05) is 35.5 Å². The number of benzene rings is 2. The van der Waals surface area contributed by atoms with Gasteiger partial charge >= 0.3 is 0 Å². The summed E-state index contributed by atoms with van der Waals surface area (Å²) < 4.78 is 11.0. The normalized spacial score (nSPS) is 11.0. The average Bonchev–Trinajstić information content (AvgIpc) is 3.14. The standard InChI is InChI=1S/C16H11N3O2/c17-12-7-3-2-6-11(12)16-18-15(19-21-16)14-9-10-5-1-4-8-13(10)20-14/h1-9H,17H2. The molecule has 0 atom stereocenters. The molecule has 0 saturated carbocycles. The van der Waals surface area contributed by atoms with E-state index in [0.717, 1.165) is 11.0 Å². The molecule has 0 fully saturated rings. The molecule has 0 amide bonds. The van der Waals surface area contributed by atoms with Crippen molar-refractivity contribution in [1.29, 1.82) is 0 Å². The van der Waals surface area contributed by atoms with Crippen LogP contribution in [0, 0.1) is 0 Å². The Bertz CT molecular complexity index is 891. The summed E-state index contributed by atoms with van der Waals surface area (Å²) in [7, 11) is 0. The number of nitrogens with two attached hydrogens (primary N) is 1. The summed E-state index contributed by atoms with van der Waals surface area (Å²) in [5.41, 5.74) is 8.01. The Hall–Kier alpha value is -3.08. The molecule has 4 rings (SSSR count). The molecule has 2 heterocycles. The van der Waals surface area contributed by atoms with E-state index in [1.165, 1.54) is 0 Å². The Labute approximate surface area is 120 Å². The number of rotatable bonds is 2. The average molecular weight is 277 g/mol. The van der Waals surface area contributed by atoms with Crippen LogP contribution in [0.2, 0.25) is 0 Å². The molecule has 0 bridgehead atoms. The molecule has 21 heavy (non-hydrogen) atoms. The van der Waals surface area contributed by atoms with Gasteiger partial charge in [0.15, 0.2) is 5.76 Å². The maximum Gasteiger partial charge on any atom is 0.260 e. The van der Waals surface area contributed by atoms with Crippen molar-refractivity contribution in [2.45, 2.75) is 0 Å². The quantitative estimate of drug-likeness (QED) is 0.565. The number of fused-ring (bicyclic) bond motifs is 1. The zero-order chi connectivity index (χ0) is 14.2. The van der Waals surface area contributed by atoms with E-state index in [4.69, 9.17) is 14.7 Å². The third kappa shape index (κ3) is 1.95. The van der Waals surface area contributed by atoms with Crippen LogP contribution >= 0.6 is 0 Å². The van der Waals surface area contributed by atoms with Gasteiger partial charge in [0.25, 0.3) is 5.89 Å². The number of anilines is 1. The van der Waals surface area contributed by atoms with E-state index in [2.05, 4.69) is 10.1 Å². The van der Waals surface area contributed by atoms with Crippen LogP contribution in [0.4, 0.5) is 5.69 Å². The lowest BCUT2D eigenvalue weighted by Gasteiger charge is -1.97. The van der Waals surface area contributed by atoms with E-state index in [1.807, 2.05) is 48.5 Å². The van der Waals surface area contributed by atoms with Gasteiger partial charge < -0.3 is 14.7 Å². The van der Waals surface area contributed by atoms with Crippen LogP contribution in [0.25, 0.3) is 34.0 Å². The molecule has 5 nitrogen and oxygen atoms in total. The van der Waals surface area contributed by atoms with Crippen molar-refractivity contribution in [3.05, 3.63) is 54.6 Å². The second-order valence-corrected chi connectivity index (χ2v) is 4.66. The molecule has 0 aliphatic carbocycles. The fourth-order valence-electron chi connectivity index (χ4n) is 2.22. The first-order chi connectivity index (χ1) is 10.3. The Balaban J connectivity index is 1.79. The maximum atomic E-state index is 5.91. The molecule has 2 N–H and O–H groups in total. The van der Waals surface area contributed by atoms with Gasteiger partial charge in [0.05, 0.1) is 5.56 Å². The van der Waals surface area contributed by atoms with E-state index in [0.29, 0.717) is 28.7 Å². The van der Waals surface area contributed by atoms with Gasteiger partial charge in [-0.15, -0.1) is 0 Å². The predicted octanol–water partition coefficient (Wildman–Crippen LogP) is 3.73. The second-order valence-electron chi connectivity index (χ2n) is 4.66. The number of nitrogen functional groups attached to an aromatic ring is 1. The molecule has 102 valence electrons. The Kier molecular flexibility index (Phi) is 2.50. The van der Waals surface area contributed by atoms with Crippen molar-refractivity contribution >= 4 is 16.7 Å². The van der Waals surface area contributed by atoms with Crippen LogP contribution in [0.3, 0.4) is 0 Å². The zero-order valence-corrected chi connectivity index (χ0v) is 11.0. The molecule has 4 aromatic rings.